The minimum atomic E-state index is 0.973. The quantitative estimate of drug-likeness (QED) is 0.526. The second-order valence-electron chi connectivity index (χ2n) is 5.00. The van der Waals surface area contributed by atoms with Crippen molar-refractivity contribution in [2.75, 3.05) is 0 Å². The van der Waals surface area contributed by atoms with Crippen LogP contribution < -0.4 is 0 Å². The molecule has 0 bridgehead atoms. The molecule has 2 aliphatic rings. The maximum absolute atomic E-state index is 5.45. The van der Waals surface area contributed by atoms with Crippen molar-refractivity contribution >= 4 is 27.3 Å². The van der Waals surface area contributed by atoms with E-state index in [-0.39, 0.29) is 0 Å². The fraction of sp³-hybridized carbons (Fsp3) is 0.0588. The molecule has 3 aromatic carbocycles. The van der Waals surface area contributed by atoms with E-state index in [4.69, 9.17) is 4.74 Å². The van der Waals surface area contributed by atoms with Gasteiger partial charge in [0.2, 0.25) is 0 Å². The number of allylic oxidation sites excluding steroid dienone is 1. The molecule has 1 heteroatoms. The average molecular weight is 230 g/mol. The molecule has 0 saturated heterocycles. The summed E-state index contributed by atoms with van der Waals surface area (Å²) in [7, 11) is 0. The van der Waals surface area contributed by atoms with Crippen molar-refractivity contribution in [1.29, 1.82) is 0 Å². The summed E-state index contributed by atoms with van der Waals surface area (Å²) in [5.41, 5.74) is 2.74. The van der Waals surface area contributed by atoms with Gasteiger partial charge in [0.15, 0.2) is 11.5 Å². The van der Waals surface area contributed by atoms with Gasteiger partial charge >= 0.3 is 0 Å². The Balaban J connectivity index is 1.97. The van der Waals surface area contributed by atoms with Crippen molar-refractivity contribution in [2.24, 2.45) is 0 Å². The number of hydrogen-bond donors (Lipinski definition) is 0. The molecule has 18 heavy (non-hydrogen) atoms. The summed E-state index contributed by atoms with van der Waals surface area (Å²) in [5, 5.41) is 5.38. The van der Waals surface area contributed by atoms with Crippen molar-refractivity contribution in [3.63, 3.8) is 0 Å². The van der Waals surface area contributed by atoms with Crippen LogP contribution in [0.25, 0.3) is 27.3 Å². The fourth-order valence-corrected chi connectivity index (χ4v) is 3.13. The van der Waals surface area contributed by atoms with Gasteiger partial charge in [-0.1, -0.05) is 48.5 Å². The Morgan fingerprint density at radius 1 is 0.778 bits per heavy atom. The van der Waals surface area contributed by atoms with Crippen molar-refractivity contribution in [1.82, 2.24) is 0 Å². The smallest absolute Gasteiger partial charge is 0.173 e. The predicted octanol–water partition coefficient (Wildman–Crippen LogP) is 4.25. The summed E-state index contributed by atoms with van der Waals surface area (Å²) in [6, 6.07) is 17.5. The molecule has 0 amide bonds. The van der Waals surface area contributed by atoms with Crippen LogP contribution in [-0.2, 0) is 11.2 Å². The zero-order chi connectivity index (χ0) is 11.7. The summed E-state index contributed by atoms with van der Waals surface area (Å²) < 4.78 is 5.45. The zero-order valence-corrected chi connectivity index (χ0v) is 9.73. The van der Waals surface area contributed by atoms with E-state index in [1.165, 1.54) is 38.4 Å². The van der Waals surface area contributed by atoms with E-state index in [2.05, 4.69) is 48.5 Å². The highest BCUT2D eigenvalue weighted by Gasteiger charge is 2.36. The third-order valence-electron chi connectivity index (χ3n) is 4.06. The topological polar surface area (TPSA) is 12.5 Å². The van der Waals surface area contributed by atoms with Crippen molar-refractivity contribution in [3.05, 3.63) is 65.4 Å². The Kier molecular flexibility index (Phi) is 1.34. The van der Waals surface area contributed by atoms with Gasteiger partial charge in [-0.05, 0) is 27.1 Å². The molecular formula is C17H10O. The largest absolute Gasteiger partial charge is 0.453 e. The van der Waals surface area contributed by atoms with Gasteiger partial charge in [0.1, 0.15) is 0 Å². The predicted molar refractivity (Wildman–Crippen MR) is 73.2 cm³/mol. The molecule has 0 N–H and O–H groups in total. The third-order valence-corrected chi connectivity index (χ3v) is 4.06. The first kappa shape index (κ1) is 8.76. The highest BCUT2D eigenvalue weighted by Crippen LogP contribution is 2.48. The van der Waals surface area contributed by atoms with E-state index in [1.807, 2.05) is 0 Å². The molecule has 0 saturated carbocycles. The highest BCUT2D eigenvalue weighted by atomic mass is 16.6. The second-order valence-corrected chi connectivity index (χ2v) is 5.00. The minimum Gasteiger partial charge on any atom is -0.453 e. The van der Waals surface area contributed by atoms with Gasteiger partial charge in [-0.2, -0.15) is 0 Å². The molecule has 1 aliphatic carbocycles. The Hall–Kier alpha value is -2.28. The van der Waals surface area contributed by atoms with Gasteiger partial charge in [-0.25, -0.2) is 0 Å². The van der Waals surface area contributed by atoms with E-state index >= 15 is 0 Å². The number of hydrogen-bond acceptors (Lipinski definition) is 1. The molecule has 84 valence electrons. The van der Waals surface area contributed by atoms with Crippen LogP contribution >= 0.6 is 0 Å². The first-order chi connectivity index (χ1) is 8.92. The molecule has 0 atom stereocenters. The minimum absolute atomic E-state index is 0.973. The second kappa shape index (κ2) is 2.75. The maximum atomic E-state index is 5.45. The molecule has 3 aromatic rings. The van der Waals surface area contributed by atoms with Crippen molar-refractivity contribution in [2.45, 2.75) is 6.42 Å². The van der Waals surface area contributed by atoms with E-state index in [0.717, 1.165) is 12.2 Å². The first-order valence-corrected chi connectivity index (χ1v) is 6.26. The summed E-state index contributed by atoms with van der Waals surface area (Å²) in [4.78, 5) is 0. The van der Waals surface area contributed by atoms with Crippen LogP contribution in [0, 0.1) is 0 Å². The van der Waals surface area contributed by atoms with Crippen LogP contribution in [0.2, 0.25) is 0 Å². The molecule has 0 spiro atoms. The van der Waals surface area contributed by atoms with Gasteiger partial charge in [-0.3, -0.25) is 0 Å². The Morgan fingerprint density at radius 3 is 2.67 bits per heavy atom. The molecular weight excluding hydrogens is 220 g/mol. The van der Waals surface area contributed by atoms with Crippen LogP contribution in [-0.4, -0.2) is 0 Å². The number of rotatable bonds is 0. The summed E-state index contributed by atoms with van der Waals surface area (Å²) >= 11 is 0. The maximum Gasteiger partial charge on any atom is 0.173 e. The summed E-state index contributed by atoms with van der Waals surface area (Å²) in [5.74, 6) is 2.30. The Morgan fingerprint density at radius 2 is 1.67 bits per heavy atom. The van der Waals surface area contributed by atoms with Gasteiger partial charge in [0.25, 0.3) is 0 Å². The van der Waals surface area contributed by atoms with E-state index in [9.17, 15) is 0 Å². The van der Waals surface area contributed by atoms with Crippen molar-refractivity contribution < 1.29 is 4.74 Å². The molecule has 5 rings (SSSR count). The zero-order valence-electron chi connectivity index (χ0n) is 9.73. The molecule has 0 fully saturated rings. The van der Waals surface area contributed by atoms with Gasteiger partial charge < -0.3 is 4.74 Å². The van der Waals surface area contributed by atoms with Crippen LogP contribution in [0.15, 0.2) is 54.3 Å². The van der Waals surface area contributed by atoms with Gasteiger partial charge in [-0.15, -0.1) is 0 Å². The normalized spacial score (nSPS) is 15.8. The highest BCUT2D eigenvalue weighted by molar-refractivity contribution is 6.10. The lowest BCUT2D eigenvalue weighted by Crippen LogP contribution is -1.91. The third kappa shape index (κ3) is 0.935. The van der Waals surface area contributed by atoms with E-state index in [0.29, 0.717) is 0 Å². The van der Waals surface area contributed by atoms with Crippen molar-refractivity contribution in [3.8, 4) is 0 Å². The number of fused-ring (bicyclic) bond motifs is 6. The lowest BCUT2D eigenvalue weighted by molar-refractivity contribution is 0.500. The van der Waals surface area contributed by atoms with Crippen LogP contribution in [0.4, 0.5) is 0 Å². The molecule has 1 nitrogen and oxygen atoms in total. The SMILES string of the molecule is c1ccc2c(c1)ccc1c3c(ccc12)C1=C(C3)O1. The first-order valence-electron chi connectivity index (χ1n) is 6.26. The molecule has 0 unspecified atom stereocenters. The average Bonchev–Trinajstić information content (AvgIpc) is 3.10. The summed E-state index contributed by atoms with van der Waals surface area (Å²) in [6.07, 6.45) is 0.973. The summed E-state index contributed by atoms with van der Waals surface area (Å²) in [6.45, 7) is 0. The number of benzene rings is 3. The Bertz CT molecular complexity index is 871. The monoisotopic (exact) mass is 230 g/mol. The standard InChI is InChI=1S/C17H10O/c1-2-4-11-10(3-1)5-6-13-12(11)7-8-14-15(13)9-16-17(14)18-16/h1-8H,9H2. The Labute approximate surface area is 104 Å². The van der Waals surface area contributed by atoms with Gasteiger partial charge in [0, 0.05) is 12.0 Å². The molecule has 0 aromatic heterocycles. The van der Waals surface area contributed by atoms with Crippen LogP contribution in [0.3, 0.4) is 0 Å². The van der Waals surface area contributed by atoms with E-state index < -0.39 is 0 Å². The van der Waals surface area contributed by atoms with Crippen LogP contribution in [0.5, 0.6) is 0 Å². The number of ether oxygens (including phenoxy) is 1. The lowest BCUT2D eigenvalue weighted by Gasteiger charge is -2.10. The van der Waals surface area contributed by atoms with E-state index in [1.54, 1.807) is 0 Å². The van der Waals surface area contributed by atoms with Crippen LogP contribution in [0.1, 0.15) is 11.1 Å². The molecule has 1 heterocycles. The fourth-order valence-electron chi connectivity index (χ4n) is 3.13. The molecule has 0 radical (unpaired) electrons. The molecule has 1 aliphatic heterocycles. The lowest BCUT2D eigenvalue weighted by atomic mass is 9.95. The van der Waals surface area contributed by atoms with Gasteiger partial charge in [0.05, 0.1) is 0 Å².